The lowest BCUT2D eigenvalue weighted by Gasteiger charge is -2.14. The zero-order valence-corrected chi connectivity index (χ0v) is 15.6. The van der Waals surface area contributed by atoms with Crippen molar-refractivity contribution in [3.05, 3.63) is 16.8 Å². The van der Waals surface area contributed by atoms with Crippen molar-refractivity contribution < 1.29 is 9.59 Å². The number of hydrogen-bond acceptors (Lipinski definition) is 6. The van der Waals surface area contributed by atoms with Crippen LogP contribution >= 0.6 is 23.1 Å². The van der Waals surface area contributed by atoms with Crippen molar-refractivity contribution in [2.75, 3.05) is 0 Å². The molecular weight excluding hydrogens is 356 g/mol. The lowest BCUT2D eigenvalue weighted by Crippen LogP contribution is -2.43. The minimum atomic E-state index is -0.402. The van der Waals surface area contributed by atoms with Crippen LogP contribution in [0.5, 0.6) is 0 Å². The Hall–Kier alpha value is -1.67. The monoisotopic (exact) mass is 376 g/mol. The molecule has 0 aromatic carbocycles. The fourth-order valence-electron chi connectivity index (χ4n) is 3.03. The van der Waals surface area contributed by atoms with Crippen LogP contribution in [0.4, 0.5) is 4.79 Å². The number of imide groups is 1. The number of aryl methyl sites for hydroxylation is 2. The number of aromatic nitrogens is 2. The first-order valence-corrected chi connectivity index (χ1v) is 10.3. The molecule has 2 aromatic rings. The average molecular weight is 377 g/mol. The van der Waals surface area contributed by atoms with Crippen molar-refractivity contribution in [2.45, 2.75) is 61.8 Å². The first-order chi connectivity index (χ1) is 12.1. The summed E-state index contributed by atoms with van der Waals surface area (Å²) in [7, 11) is 0. The number of nitrogens with one attached hydrogen (secondary N) is 2. The normalized spacial score (nSPS) is 17.8. The average Bonchev–Trinajstić information content (AvgIpc) is 3.31. The molecule has 0 bridgehead atoms. The second-order valence-electron chi connectivity index (χ2n) is 6.57. The number of hydrogen-bond donors (Lipinski definition) is 2. The van der Waals surface area contributed by atoms with Gasteiger partial charge in [-0.05, 0) is 51.0 Å². The first kappa shape index (κ1) is 16.8. The summed E-state index contributed by atoms with van der Waals surface area (Å²) in [5, 5.41) is 6.74. The van der Waals surface area contributed by atoms with Gasteiger partial charge in [-0.25, -0.2) is 14.8 Å². The number of fused-ring (bicyclic) bond motifs is 3. The minimum absolute atomic E-state index is 0.231. The number of thiophene rings is 1. The third-order valence-corrected chi connectivity index (χ3v) is 6.82. The Bertz CT molecular complexity index is 831. The van der Waals surface area contributed by atoms with Gasteiger partial charge in [0.25, 0.3) is 0 Å². The van der Waals surface area contributed by atoms with E-state index in [-0.39, 0.29) is 11.9 Å². The lowest BCUT2D eigenvalue weighted by molar-refractivity contribution is -0.119. The number of rotatable bonds is 4. The first-order valence-electron chi connectivity index (χ1n) is 8.65. The Morgan fingerprint density at radius 2 is 2.08 bits per heavy atom. The van der Waals surface area contributed by atoms with Crippen LogP contribution in [-0.4, -0.2) is 33.2 Å². The van der Waals surface area contributed by atoms with E-state index in [1.807, 2.05) is 0 Å². The summed E-state index contributed by atoms with van der Waals surface area (Å²) in [5.74, 6) is -0.293. The molecule has 2 aromatic heterocycles. The van der Waals surface area contributed by atoms with Crippen LogP contribution in [0.2, 0.25) is 0 Å². The predicted molar refractivity (Wildman–Crippen MR) is 99.1 cm³/mol. The van der Waals surface area contributed by atoms with Gasteiger partial charge in [-0.1, -0.05) is 11.8 Å². The van der Waals surface area contributed by atoms with E-state index in [0.717, 1.165) is 40.9 Å². The van der Waals surface area contributed by atoms with E-state index in [1.165, 1.54) is 35.0 Å². The maximum Gasteiger partial charge on any atom is 0.321 e. The summed E-state index contributed by atoms with van der Waals surface area (Å²) < 4.78 is 0. The van der Waals surface area contributed by atoms with Gasteiger partial charge in [-0.2, -0.15) is 0 Å². The largest absolute Gasteiger partial charge is 0.335 e. The number of nitrogens with zero attached hydrogens (tertiary/aromatic N) is 2. The Morgan fingerprint density at radius 1 is 1.28 bits per heavy atom. The second-order valence-corrected chi connectivity index (χ2v) is 8.98. The van der Waals surface area contributed by atoms with E-state index in [1.54, 1.807) is 24.6 Å². The van der Waals surface area contributed by atoms with Crippen LogP contribution < -0.4 is 10.6 Å². The number of carbonyl (C=O) groups is 2. The molecule has 0 spiro atoms. The molecule has 0 saturated heterocycles. The van der Waals surface area contributed by atoms with E-state index in [4.69, 9.17) is 0 Å². The lowest BCUT2D eigenvalue weighted by atomic mass is 9.97. The fraction of sp³-hybridized carbons (Fsp3) is 0.529. The molecule has 2 N–H and O–H groups in total. The summed E-state index contributed by atoms with van der Waals surface area (Å²) in [6.45, 7) is 1.80. The summed E-state index contributed by atoms with van der Waals surface area (Å²) in [6.07, 6.45) is 8.14. The third kappa shape index (κ3) is 3.64. The molecule has 8 heteroatoms. The van der Waals surface area contributed by atoms with Crippen molar-refractivity contribution in [2.24, 2.45) is 0 Å². The van der Waals surface area contributed by atoms with Crippen LogP contribution in [0, 0.1) is 0 Å². The highest BCUT2D eigenvalue weighted by Gasteiger charge is 2.26. The van der Waals surface area contributed by atoms with Gasteiger partial charge in [-0.15, -0.1) is 11.3 Å². The molecule has 1 fully saturated rings. The van der Waals surface area contributed by atoms with Gasteiger partial charge in [0.15, 0.2) is 0 Å². The molecule has 3 amide bonds. The number of amides is 3. The van der Waals surface area contributed by atoms with Gasteiger partial charge in [0.05, 0.1) is 5.25 Å². The van der Waals surface area contributed by atoms with Crippen molar-refractivity contribution in [1.82, 2.24) is 20.6 Å². The predicted octanol–water partition coefficient (Wildman–Crippen LogP) is 3.04. The van der Waals surface area contributed by atoms with Crippen molar-refractivity contribution in [3.8, 4) is 0 Å². The van der Waals surface area contributed by atoms with Gasteiger partial charge in [0, 0.05) is 16.3 Å². The van der Waals surface area contributed by atoms with E-state index >= 15 is 0 Å². The van der Waals surface area contributed by atoms with Crippen LogP contribution in [0.3, 0.4) is 0 Å². The highest BCUT2D eigenvalue weighted by molar-refractivity contribution is 8.00. The van der Waals surface area contributed by atoms with Crippen LogP contribution in [0.15, 0.2) is 11.4 Å². The van der Waals surface area contributed by atoms with Crippen molar-refractivity contribution in [1.29, 1.82) is 0 Å². The molecule has 4 rings (SSSR count). The minimum Gasteiger partial charge on any atom is -0.335 e. The van der Waals surface area contributed by atoms with E-state index < -0.39 is 11.3 Å². The van der Waals surface area contributed by atoms with E-state index in [0.29, 0.717) is 0 Å². The van der Waals surface area contributed by atoms with Crippen LogP contribution in [0.1, 0.15) is 43.0 Å². The summed E-state index contributed by atoms with van der Waals surface area (Å²) in [4.78, 5) is 35.3. The molecular formula is C17H20N4O2S2. The molecule has 2 heterocycles. The molecule has 1 unspecified atom stereocenters. The van der Waals surface area contributed by atoms with Crippen LogP contribution in [0.25, 0.3) is 10.2 Å². The standard InChI is InChI=1S/C17H20N4O2S2/c1-9(14(22)21-17(23)20-10-6-7-10)24-15-13-11-4-2-3-5-12(11)25-16(13)19-8-18-15/h8-10H,2-7H2,1H3,(H2,20,21,22,23). The number of carbonyl (C=O) groups excluding carboxylic acids is 2. The second kappa shape index (κ2) is 6.92. The number of thioether (sulfide) groups is 1. The summed E-state index contributed by atoms with van der Waals surface area (Å²) in [5.41, 5.74) is 1.36. The molecule has 6 nitrogen and oxygen atoms in total. The van der Waals surface area contributed by atoms with Crippen molar-refractivity contribution >= 4 is 45.3 Å². The highest BCUT2D eigenvalue weighted by Crippen LogP contribution is 2.40. The Kier molecular flexibility index (Phi) is 4.64. The maximum absolute atomic E-state index is 12.3. The SMILES string of the molecule is CC(Sc1ncnc2sc3c(c12)CCCC3)C(=O)NC(=O)NC1CC1. The van der Waals surface area contributed by atoms with Gasteiger partial charge in [0.1, 0.15) is 16.2 Å². The zero-order valence-electron chi connectivity index (χ0n) is 14.0. The molecule has 1 atom stereocenters. The molecule has 25 heavy (non-hydrogen) atoms. The van der Waals surface area contributed by atoms with Gasteiger partial charge < -0.3 is 5.32 Å². The van der Waals surface area contributed by atoms with E-state index in [9.17, 15) is 9.59 Å². The van der Waals surface area contributed by atoms with Crippen LogP contribution in [-0.2, 0) is 17.6 Å². The molecule has 132 valence electrons. The highest BCUT2D eigenvalue weighted by atomic mass is 32.2. The van der Waals surface area contributed by atoms with Gasteiger partial charge >= 0.3 is 6.03 Å². The third-order valence-electron chi connectivity index (χ3n) is 4.52. The Labute approximate surface area is 154 Å². The summed E-state index contributed by atoms with van der Waals surface area (Å²) >= 11 is 3.14. The molecule has 2 aliphatic rings. The maximum atomic E-state index is 12.3. The topological polar surface area (TPSA) is 84.0 Å². The molecule has 1 saturated carbocycles. The summed E-state index contributed by atoms with van der Waals surface area (Å²) in [6, 6.07) is -0.171. The van der Waals surface area contributed by atoms with Crippen molar-refractivity contribution in [3.63, 3.8) is 0 Å². The zero-order chi connectivity index (χ0) is 17.4. The quantitative estimate of drug-likeness (QED) is 0.633. The smallest absolute Gasteiger partial charge is 0.321 e. The van der Waals surface area contributed by atoms with Gasteiger partial charge in [0.2, 0.25) is 5.91 Å². The molecule has 2 aliphatic carbocycles. The fourth-order valence-corrected chi connectivity index (χ4v) is 5.27. The Balaban J connectivity index is 1.50. The van der Waals surface area contributed by atoms with E-state index in [2.05, 4.69) is 20.6 Å². The van der Waals surface area contributed by atoms with Gasteiger partial charge in [-0.3, -0.25) is 10.1 Å². The molecule has 0 aliphatic heterocycles. The molecule has 0 radical (unpaired) electrons. The Morgan fingerprint density at radius 3 is 2.88 bits per heavy atom. The number of urea groups is 1.